The number of nitrogen functional groups attached to an aromatic ring is 1. The maximum absolute atomic E-state index is 5.84. The summed E-state index contributed by atoms with van der Waals surface area (Å²) in [5, 5.41) is 3.44. The Morgan fingerprint density at radius 3 is 2.70 bits per heavy atom. The van der Waals surface area contributed by atoms with E-state index in [1.807, 2.05) is 6.07 Å². The highest BCUT2D eigenvalue weighted by molar-refractivity contribution is 5.44. The molecule has 1 aliphatic rings. The second-order valence-electron chi connectivity index (χ2n) is 5.60. The fraction of sp³-hybridized carbons (Fsp3) is 0.733. The molecule has 1 saturated heterocycles. The van der Waals surface area contributed by atoms with E-state index in [1.165, 1.54) is 32.5 Å². The summed E-state index contributed by atoms with van der Waals surface area (Å²) in [6.07, 6.45) is 4.46. The Hall–Kier alpha value is -1.36. The minimum Gasteiger partial charge on any atom is -0.384 e. The third-order valence-electron chi connectivity index (χ3n) is 3.99. The van der Waals surface area contributed by atoms with Gasteiger partial charge in [-0.3, -0.25) is 0 Å². The molecule has 1 aliphatic heterocycles. The van der Waals surface area contributed by atoms with Crippen molar-refractivity contribution < 1.29 is 0 Å². The van der Waals surface area contributed by atoms with Gasteiger partial charge in [-0.05, 0) is 44.8 Å². The van der Waals surface area contributed by atoms with Gasteiger partial charge in [-0.1, -0.05) is 13.8 Å². The smallest absolute Gasteiger partial charge is 0.133 e. The first-order chi connectivity index (χ1) is 9.71. The van der Waals surface area contributed by atoms with Gasteiger partial charge in [0, 0.05) is 19.0 Å². The molecule has 1 fully saturated rings. The second kappa shape index (κ2) is 7.43. The molecule has 112 valence electrons. The minimum absolute atomic E-state index is 0.562. The third kappa shape index (κ3) is 4.34. The molecule has 5 nitrogen and oxygen atoms in total. The van der Waals surface area contributed by atoms with Gasteiger partial charge in [-0.25, -0.2) is 9.97 Å². The normalized spacial score (nSPS) is 17.3. The van der Waals surface area contributed by atoms with Crippen LogP contribution in [0, 0.1) is 5.92 Å². The van der Waals surface area contributed by atoms with Crippen LogP contribution in [0.2, 0.25) is 0 Å². The van der Waals surface area contributed by atoms with Gasteiger partial charge in [0.05, 0.1) is 0 Å². The summed E-state index contributed by atoms with van der Waals surface area (Å²) < 4.78 is 0. The fourth-order valence-corrected chi connectivity index (χ4v) is 2.70. The van der Waals surface area contributed by atoms with E-state index < -0.39 is 0 Å². The van der Waals surface area contributed by atoms with E-state index in [-0.39, 0.29) is 0 Å². The molecule has 0 radical (unpaired) electrons. The Balaban J connectivity index is 1.84. The summed E-state index contributed by atoms with van der Waals surface area (Å²) in [4.78, 5) is 11.3. The predicted molar refractivity (Wildman–Crippen MR) is 83.8 cm³/mol. The van der Waals surface area contributed by atoms with Gasteiger partial charge in [-0.2, -0.15) is 0 Å². The molecule has 0 aromatic carbocycles. The van der Waals surface area contributed by atoms with Crippen LogP contribution in [0.15, 0.2) is 6.07 Å². The van der Waals surface area contributed by atoms with Crippen LogP contribution in [0.25, 0.3) is 0 Å². The second-order valence-corrected chi connectivity index (χ2v) is 5.60. The van der Waals surface area contributed by atoms with Gasteiger partial charge in [-0.15, -0.1) is 0 Å². The quantitative estimate of drug-likeness (QED) is 0.834. The highest BCUT2D eigenvalue weighted by Crippen LogP contribution is 2.18. The van der Waals surface area contributed by atoms with E-state index in [0.29, 0.717) is 5.82 Å². The topological polar surface area (TPSA) is 67.1 Å². The number of nitrogens with two attached hydrogens (primary N) is 1. The van der Waals surface area contributed by atoms with Crippen molar-refractivity contribution in [1.82, 2.24) is 14.9 Å². The SMILES string of the molecule is CCCc1nc(N)cc(NCC2CCN(CC)CC2)n1. The molecule has 0 bridgehead atoms. The van der Waals surface area contributed by atoms with E-state index in [0.717, 1.165) is 36.9 Å². The average molecular weight is 277 g/mol. The minimum atomic E-state index is 0.562. The van der Waals surface area contributed by atoms with Crippen molar-refractivity contribution in [3.63, 3.8) is 0 Å². The molecule has 0 unspecified atom stereocenters. The van der Waals surface area contributed by atoms with E-state index in [4.69, 9.17) is 5.73 Å². The zero-order valence-corrected chi connectivity index (χ0v) is 12.7. The van der Waals surface area contributed by atoms with Crippen LogP contribution in [0.3, 0.4) is 0 Å². The summed E-state index contributed by atoms with van der Waals surface area (Å²) >= 11 is 0. The highest BCUT2D eigenvalue weighted by Gasteiger charge is 2.17. The number of aromatic nitrogens is 2. The zero-order valence-electron chi connectivity index (χ0n) is 12.7. The lowest BCUT2D eigenvalue weighted by molar-refractivity contribution is 0.198. The van der Waals surface area contributed by atoms with Gasteiger partial charge in [0.25, 0.3) is 0 Å². The lowest BCUT2D eigenvalue weighted by Gasteiger charge is -2.31. The molecule has 1 aromatic heterocycles. The molecule has 0 spiro atoms. The molecular weight excluding hydrogens is 250 g/mol. The van der Waals surface area contributed by atoms with E-state index >= 15 is 0 Å². The van der Waals surface area contributed by atoms with Gasteiger partial charge in [0.1, 0.15) is 17.5 Å². The summed E-state index contributed by atoms with van der Waals surface area (Å²) in [5.74, 6) is 3.02. The molecule has 0 atom stereocenters. The van der Waals surface area contributed by atoms with Crippen molar-refractivity contribution in [3.05, 3.63) is 11.9 Å². The average Bonchev–Trinajstić information content (AvgIpc) is 2.45. The van der Waals surface area contributed by atoms with Crippen LogP contribution in [0.1, 0.15) is 38.9 Å². The molecule has 1 aromatic rings. The van der Waals surface area contributed by atoms with Crippen LogP contribution in [0.4, 0.5) is 11.6 Å². The van der Waals surface area contributed by atoms with Crippen molar-refractivity contribution in [3.8, 4) is 0 Å². The number of hydrogen-bond donors (Lipinski definition) is 2. The Kier molecular flexibility index (Phi) is 5.59. The molecule has 2 rings (SSSR count). The van der Waals surface area contributed by atoms with Crippen molar-refractivity contribution >= 4 is 11.6 Å². The van der Waals surface area contributed by atoms with Crippen molar-refractivity contribution in [2.24, 2.45) is 5.92 Å². The number of nitrogens with one attached hydrogen (secondary N) is 1. The fourth-order valence-electron chi connectivity index (χ4n) is 2.70. The van der Waals surface area contributed by atoms with Crippen molar-refractivity contribution in [2.45, 2.75) is 39.5 Å². The summed E-state index contributed by atoms with van der Waals surface area (Å²) in [6, 6.07) is 1.83. The lowest BCUT2D eigenvalue weighted by atomic mass is 9.97. The van der Waals surface area contributed by atoms with Crippen molar-refractivity contribution in [2.75, 3.05) is 37.2 Å². The van der Waals surface area contributed by atoms with E-state index in [1.54, 1.807) is 0 Å². The Morgan fingerprint density at radius 1 is 1.30 bits per heavy atom. The number of piperidine rings is 1. The van der Waals surface area contributed by atoms with Crippen LogP contribution < -0.4 is 11.1 Å². The highest BCUT2D eigenvalue weighted by atomic mass is 15.1. The Morgan fingerprint density at radius 2 is 2.05 bits per heavy atom. The number of hydrogen-bond acceptors (Lipinski definition) is 5. The maximum atomic E-state index is 5.84. The maximum Gasteiger partial charge on any atom is 0.133 e. The molecule has 2 heterocycles. The largest absolute Gasteiger partial charge is 0.384 e. The Bertz CT molecular complexity index is 413. The number of aryl methyl sites for hydroxylation is 1. The third-order valence-corrected chi connectivity index (χ3v) is 3.99. The van der Waals surface area contributed by atoms with Gasteiger partial charge < -0.3 is 16.0 Å². The molecule has 3 N–H and O–H groups in total. The predicted octanol–water partition coefficient (Wildman–Crippen LogP) is 2.16. The first kappa shape index (κ1) is 15.0. The summed E-state index contributed by atoms with van der Waals surface area (Å²) in [6.45, 7) is 8.95. The van der Waals surface area contributed by atoms with Crippen molar-refractivity contribution in [1.29, 1.82) is 0 Å². The number of rotatable bonds is 6. The number of anilines is 2. The lowest BCUT2D eigenvalue weighted by Crippen LogP contribution is -2.35. The standard InChI is InChI=1S/C15H27N5/c1-3-5-14-18-13(16)10-15(19-14)17-11-12-6-8-20(4-2)9-7-12/h10,12H,3-9,11H2,1-2H3,(H3,16,17,18,19). The van der Waals surface area contributed by atoms with Crippen LogP contribution in [0.5, 0.6) is 0 Å². The molecule has 0 aliphatic carbocycles. The van der Waals surface area contributed by atoms with E-state index in [9.17, 15) is 0 Å². The number of nitrogens with zero attached hydrogens (tertiary/aromatic N) is 3. The molecular formula is C15H27N5. The monoisotopic (exact) mass is 277 g/mol. The van der Waals surface area contributed by atoms with Crippen LogP contribution in [-0.2, 0) is 6.42 Å². The molecule has 0 saturated carbocycles. The number of likely N-dealkylation sites (tertiary alicyclic amines) is 1. The molecule has 5 heteroatoms. The zero-order chi connectivity index (χ0) is 14.4. The summed E-state index contributed by atoms with van der Waals surface area (Å²) in [5.41, 5.74) is 5.84. The molecule has 0 amide bonds. The Labute approximate surface area is 122 Å². The van der Waals surface area contributed by atoms with E-state index in [2.05, 4.69) is 34.0 Å². The van der Waals surface area contributed by atoms with Crippen LogP contribution in [-0.4, -0.2) is 41.0 Å². The van der Waals surface area contributed by atoms with Gasteiger partial charge >= 0.3 is 0 Å². The van der Waals surface area contributed by atoms with Gasteiger partial charge in [0.2, 0.25) is 0 Å². The summed E-state index contributed by atoms with van der Waals surface area (Å²) in [7, 11) is 0. The van der Waals surface area contributed by atoms with Gasteiger partial charge in [0.15, 0.2) is 0 Å². The molecule has 20 heavy (non-hydrogen) atoms. The first-order valence-electron chi connectivity index (χ1n) is 7.81. The first-order valence-corrected chi connectivity index (χ1v) is 7.81. The van der Waals surface area contributed by atoms with Crippen LogP contribution >= 0.6 is 0 Å².